The Bertz CT molecular complexity index is 1050. The van der Waals surface area contributed by atoms with E-state index >= 15 is 0 Å². The molecule has 1 fully saturated rings. The number of benzene rings is 3. The van der Waals surface area contributed by atoms with Gasteiger partial charge in [0.05, 0.1) is 0 Å². The maximum Gasteiger partial charge on any atom is 0.166 e. The fourth-order valence-corrected chi connectivity index (χ4v) is 4.30. The summed E-state index contributed by atoms with van der Waals surface area (Å²) in [5.74, 6) is -1.27. The van der Waals surface area contributed by atoms with Crippen LogP contribution in [0.5, 0.6) is 0 Å². The van der Waals surface area contributed by atoms with Crippen LogP contribution in [0.3, 0.4) is 0 Å². The van der Waals surface area contributed by atoms with Crippen molar-refractivity contribution in [2.75, 3.05) is 0 Å². The quantitative estimate of drug-likeness (QED) is 0.411. The summed E-state index contributed by atoms with van der Waals surface area (Å²) in [7, 11) is 0. The zero-order valence-electron chi connectivity index (χ0n) is 17.0. The molecule has 0 unspecified atom stereocenters. The Hall–Kier alpha value is -2.81. The highest BCUT2D eigenvalue weighted by Crippen LogP contribution is 2.39. The van der Waals surface area contributed by atoms with Gasteiger partial charge in [0.15, 0.2) is 11.6 Å². The van der Waals surface area contributed by atoms with Gasteiger partial charge in [0, 0.05) is 5.56 Å². The Balaban J connectivity index is 1.43. The van der Waals surface area contributed by atoms with Gasteiger partial charge in [0.1, 0.15) is 5.82 Å². The Morgan fingerprint density at radius 1 is 0.800 bits per heavy atom. The summed E-state index contributed by atoms with van der Waals surface area (Å²) in [6.45, 7) is 1.75. The molecular weight excluding hydrogens is 381 g/mol. The first-order valence-corrected chi connectivity index (χ1v) is 10.5. The smallest absolute Gasteiger partial charge is 0.166 e. The lowest BCUT2D eigenvalue weighted by Crippen LogP contribution is -2.13. The van der Waals surface area contributed by atoms with Crippen molar-refractivity contribution in [3.05, 3.63) is 101 Å². The standard InChI is InChI=1S/C27H25F3/c1-18-7-8-20(17-25(18)28)10-9-19-11-13-22(14-12-19)24-16-15-23(26(29)27(24)30)21-5-3-2-4-6-21/h2-10,15-17,19,22H,11-14H2,1H3. The number of allylic oxidation sites excluding steroid dienone is 1. The summed E-state index contributed by atoms with van der Waals surface area (Å²) >= 11 is 0. The van der Waals surface area contributed by atoms with E-state index in [-0.39, 0.29) is 11.7 Å². The van der Waals surface area contributed by atoms with Gasteiger partial charge in [-0.3, -0.25) is 0 Å². The van der Waals surface area contributed by atoms with Crippen molar-refractivity contribution in [1.82, 2.24) is 0 Å². The molecule has 4 rings (SSSR count). The molecule has 0 spiro atoms. The molecular formula is C27H25F3. The summed E-state index contributed by atoms with van der Waals surface area (Å²) in [5.41, 5.74) is 2.96. The molecule has 30 heavy (non-hydrogen) atoms. The van der Waals surface area contributed by atoms with Crippen LogP contribution in [0, 0.1) is 30.3 Å². The van der Waals surface area contributed by atoms with Gasteiger partial charge < -0.3 is 0 Å². The van der Waals surface area contributed by atoms with E-state index in [0.29, 0.717) is 28.2 Å². The van der Waals surface area contributed by atoms with Gasteiger partial charge in [-0.1, -0.05) is 66.7 Å². The van der Waals surface area contributed by atoms with E-state index in [1.807, 2.05) is 30.3 Å². The zero-order valence-corrected chi connectivity index (χ0v) is 17.0. The van der Waals surface area contributed by atoms with E-state index < -0.39 is 11.6 Å². The summed E-state index contributed by atoms with van der Waals surface area (Å²) in [6, 6.07) is 17.7. The second-order valence-corrected chi connectivity index (χ2v) is 8.18. The van der Waals surface area contributed by atoms with Crippen LogP contribution in [0.2, 0.25) is 0 Å². The van der Waals surface area contributed by atoms with Crippen LogP contribution in [0.4, 0.5) is 13.2 Å². The van der Waals surface area contributed by atoms with Crippen molar-refractivity contribution in [2.45, 2.75) is 38.5 Å². The predicted octanol–water partition coefficient (Wildman–Crippen LogP) is 8.07. The topological polar surface area (TPSA) is 0 Å². The molecule has 0 radical (unpaired) electrons. The average molecular weight is 406 g/mol. The van der Waals surface area contributed by atoms with Crippen molar-refractivity contribution in [3.8, 4) is 11.1 Å². The van der Waals surface area contributed by atoms with Gasteiger partial charge in [-0.15, -0.1) is 0 Å². The highest BCUT2D eigenvalue weighted by atomic mass is 19.2. The van der Waals surface area contributed by atoms with Gasteiger partial charge >= 0.3 is 0 Å². The van der Waals surface area contributed by atoms with Crippen LogP contribution in [-0.2, 0) is 0 Å². The molecule has 1 aliphatic carbocycles. The summed E-state index contributed by atoms with van der Waals surface area (Å²) in [6.07, 6.45) is 7.54. The van der Waals surface area contributed by atoms with E-state index in [1.165, 1.54) is 0 Å². The minimum Gasteiger partial charge on any atom is -0.207 e. The summed E-state index contributed by atoms with van der Waals surface area (Å²) in [4.78, 5) is 0. The normalized spacial score (nSPS) is 19.3. The first-order valence-electron chi connectivity index (χ1n) is 10.5. The second-order valence-electron chi connectivity index (χ2n) is 8.18. The fraction of sp³-hybridized carbons (Fsp3) is 0.259. The number of hydrogen-bond donors (Lipinski definition) is 0. The van der Waals surface area contributed by atoms with Crippen molar-refractivity contribution in [3.63, 3.8) is 0 Å². The van der Waals surface area contributed by atoms with E-state index in [0.717, 1.165) is 31.2 Å². The molecule has 154 valence electrons. The molecule has 0 atom stereocenters. The van der Waals surface area contributed by atoms with E-state index in [1.54, 1.807) is 43.3 Å². The Morgan fingerprint density at radius 2 is 1.53 bits per heavy atom. The number of rotatable bonds is 4. The van der Waals surface area contributed by atoms with Crippen molar-refractivity contribution >= 4 is 6.08 Å². The molecule has 0 N–H and O–H groups in total. The van der Waals surface area contributed by atoms with Gasteiger partial charge in [-0.25, -0.2) is 13.2 Å². The molecule has 0 saturated heterocycles. The van der Waals surface area contributed by atoms with Gasteiger partial charge in [-0.05, 0) is 72.8 Å². The predicted molar refractivity (Wildman–Crippen MR) is 117 cm³/mol. The lowest BCUT2D eigenvalue weighted by Gasteiger charge is -2.27. The van der Waals surface area contributed by atoms with Crippen molar-refractivity contribution < 1.29 is 13.2 Å². The Morgan fingerprint density at radius 3 is 2.23 bits per heavy atom. The monoisotopic (exact) mass is 406 g/mol. The van der Waals surface area contributed by atoms with Crippen LogP contribution in [0.25, 0.3) is 17.2 Å². The van der Waals surface area contributed by atoms with Crippen LogP contribution in [0.15, 0.2) is 66.7 Å². The molecule has 0 amide bonds. The highest BCUT2D eigenvalue weighted by Gasteiger charge is 2.25. The minimum atomic E-state index is -0.762. The van der Waals surface area contributed by atoms with Crippen LogP contribution in [-0.4, -0.2) is 0 Å². The lowest BCUT2D eigenvalue weighted by atomic mass is 9.78. The molecule has 1 saturated carbocycles. The first-order chi connectivity index (χ1) is 14.5. The molecule has 3 aromatic carbocycles. The van der Waals surface area contributed by atoms with E-state index in [2.05, 4.69) is 6.08 Å². The maximum atomic E-state index is 14.8. The highest BCUT2D eigenvalue weighted by molar-refractivity contribution is 5.64. The molecule has 0 aliphatic heterocycles. The van der Waals surface area contributed by atoms with Crippen molar-refractivity contribution in [1.29, 1.82) is 0 Å². The van der Waals surface area contributed by atoms with Crippen molar-refractivity contribution in [2.24, 2.45) is 5.92 Å². The third kappa shape index (κ3) is 4.35. The SMILES string of the molecule is Cc1ccc(C=CC2CCC(c3ccc(-c4ccccc4)c(F)c3F)CC2)cc1F. The van der Waals surface area contributed by atoms with Crippen LogP contribution < -0.4 is 0 Å². The van der Waals surface area contributed by atoms with Gasteiger partial charge in [-0.2, -0.15) is 0 Å². The largest absolute Gasteiger partial charge is 0.207 e. The molecule has 1 aliphatic rings. The maximum absolute atomic E-state index is 14.8. The molecule has 0 nitrogen and oxygen atoms in total. The van der Waals surface area contributed by atoms with Gasteiger partial charge in [0.25, 0.3) is 0 Å². The fourth-order valence-electron chi connectivity index (χ4n) is 4.30. The van der Waals surface area contributed by atoms with Crippen LogP contribution >= 0.6 is 0 Å². The minimum absolute atomic E-state index is 0.0331. The molecule has 3 aromatic rings. The Kier molecular flexibility index (Phi) is 6.08. The first kappa shape index (κ1) is 20.5. The van der Waals surface area contributed by atoms with E-state index in [4.69, 9.17) is 0 Å². The summed E-state index contributed by atoms with van der Waals surface area (Å²) < 4.78 is 43.3. The average Bonchev–Trinajstić information content (AvgIpc) is 2.77. The lowest BCUT2D eigenvalue weighted by molar-refractivity contribution is 0.365. The third-order valence-corrected chi connectivity index (χ3v) is 6.17. The number of aryl methyl sites for hydroxylation is 1. The number of halogens is 3. The third-order valence-electron chi connectivity index (χ3n) is 6.17. The molecule has 0 bridgehead atoms. The zero-order chi connectivity index (χ0) is 21.1. The van der Waals surface area contributed by atoms with E-state index in [9.17, 15) is 13.2 Å². The second kappa shape index (κ2) is 8.91. The molecule has 3 heteroatoms. The molecule has 0 heterocycles. The molecule has 0 aromatic heterocycles. The summed E-state index contributed by atoms with van der Waals surface area (Å²) in [5, 5.41) is 0. The number of hydrogen-bond acceptors (Lipinski definition) is 0. The van der Waals surface area contributed by atoms with Crippen LogP contribution in [0.1, 0.15) is 48.3 Å². The Labute approximate surface area is 176 Å². The van der Waals surface area contributed by atoms with Gasteiger partial charge in [0.2, 0.25) is 0 Å².